The van der Waals surface area contributed by atoms with Crippen molar-refractivity contribution in [2.75, 3.05) is 6.54 Å². The second kappa shape index (κ2) is 11.8. The molecule has 0 spiro atoms. The molecular weight excluding hydrogens is 406 g/mol. The van der Waals surface area contributed by atoms with E-state index < -0.39 is 0 Å². The topological polar surface area (TPSA) is 58.9 Å². The number of rotatable bonds is 3. The number of aromatic amines is 1. The molecule has 1 N–H and O–H groups in total. The molecule has 0 aromatic carbocycles. The molecule has 5 heteroatoms. The monoisotopic (exact) mass is 455 g/mol. The van der Waals surface area contributed by atoms with Crippen LogP contribution in [0.5, 0.6) is 0 Å². The number of nitrogens with zero attached hydrogens (tertiary/aromatic N) is 4. The van der Waals surface area contributed by atoms with Crippen molar-refractivity contribution >= 4 is 5.71 Å². The van der Waals surface area contributed by atoms with Crippen LogP contribution in [-0.4, -0.2) is 32.2 Å². The second-order valence-electron chi connectivity index (χ2n) is 11.7. The molecule has 0 saturated heterocycles. The highest BCUT2D eigenvalue weighted by molar-refractivity contribution is 6.02. The lowest BCUT2D eigenvalue weighted by molar-refractivity contribution is 0.524. The zero-order valence-electron chi connectivity index (χ0n) is 23.4. The van der Waals surface area contributed by atoms with Crippen LogP contribution in [0.1, 0.15) is 106 Å². The SMILES string of the molecule is CCC1=NCC=C1C(C)(C)C.CCc1[nH]ncc1C(C)(C)C.CCn1cc(C(C)(C)C)cn1. The van der Waals surface area contributed by atoms with Crippen molar-refractivity contribution in [2.45, 2.75) is 113 Å². The van der Waals surface area contributed by atoms with E-state index in [2.05, 4.69) is 116 Å². The minimum Gasteiger partial charge on any atom is -0.285 e. The Balaban J connectivity index is 0.000000247. The predicted octanol–water partition coefficient (Wildman–Crippen LogP) is 7.29. The zero-order chi connectivity index (χ0) is 25.4. The van der Waals surface area contributed by atoms with Crippen LogP contribution in [0, 0.1) is 5.41 Å². The number of aromatic nitrogens is 4. The maximum absolute atomic E-state index is 4.43. The Labute approximate surface area is 203 Å². The first-order valence-corrected chi connectivity index (χ1v) is 12.4. The molecule has 33 heavy (non-hydrogen) atoms. The number of hydrogen-bond donors (Lipinski definition) is 1. The van der Waals surface area contributed by atoms with Gasteiger partial charge in [0.15, 0.2) is 0 Å². The van der Waals surface area contributed by atoms with Crippen molar-refractivity contribution in [3.8, 4) is 0 Å². The average Bonchev–Trinajstić information content (AvgIpc) is 3.47. The van der Waals surface area contributed by atoms with E-state index in [0.29, 0.717) is 0 Å². The Morgan fingerprint density at radius 2 is 1.48 bits per heavy atom. The molecule has 0 bridgehead atoms. The number of aryl methyl sites for hydroxylation is 2. The van der Waals surface area contributed by atoms with Crippen molar-refractivity contribution in [3.63, 3.8) is 0 Å². The average molecular weight is 456 g/mol. The number of nitrogens with one attached hydrogen (secondary N) is 1. The van der Waals surface area contributed by atoms with E-state index >= 15 is 0 Å². The van der Waals surface area contributed by atoms with Crippen LogP contribution in [-0.2, 0) is 23.8 Å². The molecule has 0 aliphatic carbocycles. The number of H-pyrrole nitrogens is 1. The first-order valence-electron chi connectivity index (χ1n) is 12.4. The molecule has 0 atom stereocenters. The molecule has 0 saturated carbocycles. The van der Waals surface area contributed by atoms with Crippen molar-refractivity contribution in [1.82, 2.24) is 20.0 Å². The van der Waals surface area contributed by atoms with Gasteiger partial charge in [0.2, 0.25) is 0 Å². The van der Waals surface area contributed by atoms with Crippen molar-refractivity contribution in [3.05, 3.63) is 47.1 Å². The van der Waals surface area contributed by atoms with Crippen molar-refractivity contribution < 1.29 is 0 Å². The Morgan fingerprint density at radius 3 is 1.82 bits per heavy atom. The normalized spacial score (nSPS) is 14.1. The van der Waals surface area contributed by atoms with Gasteiger partial charge in [0.05, 0.1) is 18.9 Å². The molecule has 2 aromatic rings. The van der Waals surface area contributed by atoms with E-state index in [1.165, 1.54) is 28.1 Å². The molecule has 0 amide bonds. The Kier molecular flexibility index (Phi) is 10.3. The molecule has 3 rings (SSSR count). The quantitative estimate of drug-likeness (QED) is 0.528. The Bertz CT molecular complexity index is 905. The molecule has 186 valence electrons. The van der Waals surface area contributed by atoms with Gasteiger partial charge in [0.25, 0.3) is 0 Å². The Morgan fingerprint density at radius 1 is 0.848 bits per heavy atom. The summed E-state index contributed by atoms with van der Waals surface area (Å²) in [5, 5.41) is 11.3. The number of hydrogen-bond acceptors (Lipinski definition) is 3. The summed E-state index contributed by atoms with van der Waals surface area (Å²) in [4.78, 5) is 4.43. The van der Waals surface area contributed by atoms with Gasteiger partial charge in [-0.1, -0.05) is 82.2 Å². The van der Waals surface area contributed by atoms with Gasteiger partial charge >= 0.3 is 0 Å². The van der Waals surface area contributed by atoms with Gasteiger partial charge in [-0.2, -0.15) is 10.2 Å². The third-order valence-electron chi connectivity index (χ3n) is 5.73. The van der Waals surface area contributed by atoms with Gasteiger partial charge in [0.1, 0.15) is 0 Å². The molecule has 0 unspecified atom stereocenters. The number of allylic oxidation sites excluding steroid dienone is 1. The van der Waals surface area contributed by atoms with E-state index in [1.807, 2.05) is 17.1 Å². The lowest BCUT2D eigenvalue weighted by atomic mass is 9.83. The van der Waals surface area contributed by atoms with Crippen molar-refractivity contribution in [1.29, 1.82) is 0 Å². The third-order valence-corrected chi connectivity index (χ3v) is 5.73. The minimum atomic E-state index is 0.221. The fourth-order valence-corrected chi connectivity index (χ4v) is 3.64. The molecule has 0 fully saturated rings. The van der Waals surface area contributed by atoms with Crippen molar-refractivity contribution in [2.24, 2.45) is 10.4 Å². The largest absolute Gasteiger partial charge is 0.285 e. The fraction of sp³-hybridized carbons (Fsp3) is 0.679. The standard InChI is InChI=1S/C10H17N.2C9H16N2/c1-5-9-8(6-7-11-9)10(2,3)4;1-5-11-7-8(6-10-11)9(2,3)4;1-5-8-7(6-10-11-8)9(2,3)4/h6H,5,7H2,1-4H3;6-7H,5H2,1-4H3;6H,5H2,1-4H3,(H,10,11). The van der Waals surface area contributed by atoms with Gasteiger partial charge in [0, 0.05) is 24.1 Å². The molecule has 5 nitrogen and oxygen atoms in total. The molecule has 1 aliphatic heterocycles. The van der Waals surface area contributed by atoms with Crippen LogP contribution < -0.4 is 0 Å². The number of aliphatic imine (C=N–C) groups is 1. The molecule has 3 heterocycles. The highest BCUT2D eigenvalue weighted by atomic mass is 15.3. The van der Waals surface area contributed by atoms with Gasteiger partial charge in [-0.25, -0.2) is 0 Å². The van der Waals surface area contributed by atoms with E-state index in [4.69, 9.17) is 0 Å². The van der Waals surface area contributed by atoms with E-state index in [-0.39, 0.29) is 16.2 Å². The molecular formula is C28H49N5. The van der Waals surface area contributed by atoms with Crippen LogP contribution >= 0.6 is 0 Å². The lowest BCUT2D eigenvalue weighted by Gasteiger charge is -2.21. The van der Waals surface area contributed by atoms with Gasteiger partial charge in [-0.15, -0.1) is 0 Å². The fourth-order valence-electron chi connectivity index (χ4n) is 3.64. The van der Waals surface area contributed by atoms with Crippen LogP contribution in [0.2, 0.25) is 0 Å². The summed E-state index contributed by atoms with van der Waals surface area (Å²) in [5.74, 6) is 0. The Hall–Kier alpha value is -2.17. The first-order chi connectivity index (χ1) is 15.1. The summed E-state index contributed by atoms with van der Waals surface area (Å²) in [5.41, 5.74) is 7.38. The maximum Gasteiger partial charge on any atom is 0.0580 e. The molecule has 2 aromatic heterocycles. The smallest absolute Gasteiger partial charge is 0.0580 e. The van der Waals surface area contributed by atoms with Crippen LogP contribution in [0.25, 0.3) is 0 Å². The summed E-state index contributed by atoms with van der Waals surface area (Å²) < 4.78 is 1.96. The highest BCUT2D eigenvalue weighted by Gasteiger charge is 2.22. The minimum absolute atomic E-state index is 0.221. The summed E-state index contributed by atoms with van der Waals surface area (Å²) in [6.45, 7) is 28.2. The van der Waals surface area contributed by atoms with E-state index in [9.17, 15) is 0 Å². The summed E-state index contributed by atoms with van der Waals surface area (Å²) >= 11 is 0. The van der Waals surface area contributed by atoms with Gasteiger partial charge < -0.3 is 0 Å². The van der Waals surface area contributed by atoms with Crippen LogP contribution in [0.3, 0.4) is 0 Å². The van der Waals surface area contributed by atoms with E-state index in [0.717, 1.165) is 25.9 Å². The third kappa shape index (κ3) is 8.94. The summed E-state index contributed by atoms with van der Waals surface area (Å²) in [6, 6.07) is 0. The molecule has 0 radical (unpaired) electrons. The van der Waals surface area contributed by atoms with Crippen LogP contribution in [0.15, 0.2) is 35.2 Å². The van der Waals surface area contributed by atoms with Gasteiger partial charge in [-0.05, 0) is 52.7 Å². The predicted molar refractivity (Wildman–Crippen MR) is 143 cm³/mol. The van der Waals surface area contributed by atoms with Crippen LogP contribution in [0.4, 0.5) is 0 Å². The summed E-state index contributed by atoms with van der Waals surface area (Å²) in [6.07, 6.45) is 10.3. The maximum atomic E-state index is 4.43. The second-order valence-corrected chi connectivity index (χ2v) is 11.7. The summed E-state index contributed by atoms with van der Waals surface area (Å²) in [7, 11) is 0. The molecule has 1 aliphatic rings. The zero-order valence-corrected chi connectivity index (χ0v) is 23.4. The first kappa shape index (κ1) is 28.9. The van der Waals surface area contributed by atoms with E-state index in [1.54, 1.807) is 0 Å². The lowest BCUT2D eigenvalue weighted by Crippen LogP contribution is -2.15. The highest BCUT2D eigenvalue weighted by Crippen LogP contribution is 2.29. The van der Waals surface area contributed by atoms with Gasteiger partial charge in [-0.3, -0.25) is 14.8 Å².